The van der Waals surface area contributed by atoms with Gasteiger partial charge in [0.2, 0.25) is 0 Å². The fourth-order valence-corrected chi connectivity index (χ4v) is 3.02. The highest BCUT2D eigenvalue weighted by Crippen LogP contribution is 2.20. The number of aryl methyl sites for hydroxylation is 1. The van der Waals surface area contributed by atoms with E-state index in [0.29, 0.717) is 12.4 Å². The maximum absolute atomic E-state index is 12.3. The van der Waals surface area contributed by atoms with Crippen molar-refractivity contribution in [2.75, 3.05) is 11.9 Å². The van der Waals surface area contributed by atoms with Gasteiger partial charge in [0.25, 0.3) is 5.91 Å². The number of aromatic nitrogens is 2. The maximum atomic E-state index is 12.3. The van der Waals surface area contributed by atoms with E-state index in [9.17, 15) is 4.79 Å². The van der Waals surface area contributed by atoms with E-state index in [4.69, 9.17) is 4.74 Å². The van der Waals surface area contributed by atoms with Crippen molar-refractivity contribution in [1.82, 2.24) is 9.78 Å². The van der Waals surface area contributed by atoms with Gasteiger partial charge in [-0.2, -0.15) is 5.10 Å². The number of anilines is 1. The quantitative estimate of drug-likeness (QED) is 0.628. The Morgan fingerprint density at radius 2 is 1.85 bits per heavy atom. The highest BCUT2D eigenvalue weighted by atomic mass is 79.9. The van der Waals surface area contributed by atoms with Gasteiger partial charge in [-0.25, -0.2) is 4.68 Å². The fraction of sp³-hybridized carbons (Fsp3) is 0.200. The standard InChI is InChI=1S/C20H20BrN3O2/c1-2-15-7-4-6-10-18(15)26-14-20(25)23-19-11-12-22-24(19)13-16-8-3-5-9-17(16)21/h3-12H,2,13-14H2,1H3,(H,23,25). The molecule has 6 heteroatoms. The SMILES string of the molecule is CCc1ccccc1OCC(=O)Nc1ccnn1Cc1ccccc1Br. The Morgan fingerprint density at radius 1 is 1.12 bits per heavy atom. The largest absolute Gasteiger partial charge is 0.483 e. The van der Waals surface area contributed by atoms with Crippen molar-refractivity contribution in [3.05, 3.63) is 76.4 Å². The third-order valence-electron chi connectivity index (χ3n) is 3.97. The first kappa shape index (κ1) is 18.2. The molecule has 5 nitrogen and oxygen atoms in total. The van der Waals surface area contributed by atoms with E-state index in [1.807, 2.05) is 48.5 Å². The van der Waals surface area contributed by atoms with Gasteiger partial charge in [-0.05, 0) is 29.7 Å². The van der Waals surface area contributed by atoms with Crippen LogP contribution >= 0.6 is 15.9 Å². The van der Waals surface area contributed by atoms with Gasteiger partial charge >= 0.3 is 0 Å². The molecule has 3 rings (SSSR count). The van der Waals surface area contributed by atoms with Crippen molar-refractivity contribution in [3.8, 4) is 5.75 Å². The normalized spacial score (nSPS) is 10.5. The lowest BCUT2D eigenvalue weighted by atomic mass is 10.1. The number of hydrogen-bond donors (Lipinski definition) is 1. The number of para-hydroxylation sites is 1. The van der Waals surface area contributed by atoms with Crippen LogP contribution in [0.4, 0.5) is 5.82 Å². The molecule has 0 aliphatic heterocycles. The molecule has 0 atom stereocenters. The summed E-state index contributed by atoms with van der Waals surface area (Å²) in [6, 6.07) is 17.5. The lowest BCUT2D eigenvalue weighted by Gasteiger charge is -2.12. The van der Waals surface area contributed by atoms with Gasteiger partial charge in [0, 0.05) is 10.5 Å². The molecule has 2 aromatic carbocycles. The zero-order valence-corrected chi connectivity index (χ0v) is 16.1. The maximum Gasteiger partial charge on any atom is 0.263 e. The topological polar surface area (TPSA) is 56.1 Å². The summed E-state index contributed by atoms with van der Waals surface area (Å²) in [7, 11) is 0. The van der Waals surface area contributed by atoms with E-state index in [1.54, 1.807) is 16.9 Å². The van der Waals surface area contributed by atoms with Gasteiger partial charge in [0.05, 0.1) is 12.7 Å². The number of carbonyl (C=O) groups is 1. The first-order valence-corrected chi connectivity index (χ1v) is 9.22. The third-order valence-corrected chi connectivity index (χ3v) is 4.75. The fourth-order valence-electron chi connectivity index (χ4n) is 2.61. The molecule has 0 aliphatic carbocycles. The Morgan fingerprint density at radius 3 is 2.62 bits per heavy atom. The van der Waals surface area contributed by atoms with E-state index in [0.717, 1.165) is 27.8 Å². The second kappa shape index (κ2) is 8.67. The molecule has 1 N–H and O–H groups in total. The Labute approximate surface area is 161 Å². The number of amides is 1. The van der Waals surface area contributed by atoms with E-state index < -0.39 is 0 Å². The molecule has 134 valence electrons. The molecule has 0 unspecified atom stereocenters. The molecule has 0 bridgehead atoms. The zero-order valence-electron chi connectivity index (χ0n) is 14.5. The van der Waals surface area contributed by atoms with E-state index in [2.05, 4.69) is 33.3 Å². The number of benzene rings is 2. The Balaban J connectivity index is 1.62. The van der Waals surface area contributed by atoms with Crippen molar-refractivity contribution >= 4 is 27.7 Å². The summed E-state index contributed by atoms with van der Waals surface area (Å²) < 4.78 is 8.42. The summed E-state index contributed by atoms with van der Waals surface area (Å²) in [5.41, 5.74) is 2.17. The Hall–Kier alpha value is -2.60. The average Bonchev–Trinajstić information content (AvgIpc) is 3.08. The molecular formula is C20H20BrN3O2. The number of hydrogen-bond acceptors (Lipinski definition) is 3. The third kappa shape index (κ3) is 4.52. The second-order valence-corrected chi connectivity index (χ2v) is 6.62. The monoisotopic (exact) mass is 413 g/mol. The molecule has 0 saturated carbocycles. The molecule has 0 saturated heterocycles. The first-order chi connectivity index (χ1) is 12.7. The predicted molar refractivity (Wildman–Crippen MR) is 105 cm³/mol. The minimum Gasteiger partial charge on any atom is -0.483 e. The molecule has 3 aromatic rings. The zero-order chi connectivity index (χ0) is 18.4. The second-order valence-electron chi connectivity index (χ2n) is 5.76. The molecule has 1 amide bonds. The van der Waals surface area contributed by atoms with Crippen molar-refractivity contribution in [2.24, 2.45) is 0 Å². The molecule has 0 spiro atoms. The summed E-state index contributed by atoms with van der Waals surface area (Å²) in [6.45, 7) is 2.57. The number of nitrogens with zero attached hydrogens (tertiary/aromatic N) is 2. The summed E-state index contributed by atoms with van der Waals surface area (Å²) in [4.78, 5) is 12.3. The summed E-state index contributed by atoms with van der Waals surface area (Å²) in [6.07, 6.45) is 2.52. The van der Waals surface area contributed by atoms with Gasteiger partial charge in [0.1, 0.15) is 11.6 Å². The molecule has 1 heterocycles. The summed E-state index contributed by atoms with van der Waals surface area (Å²) in [5, 5.41) is 7.15. The lowest BCUT2D eigenvalue weighted by molar-refractivity contribution is -0.118. The number of nitrogens with one attached hydrogen (secondary N) is 1. The lowest BCUT2D eigenvalue weighted by Crippen LogP contribution is -2.22. The van der Waals surface area contributed by atoms with Crippen LogP contribution in [0.1, 0.15) is 18.1 Å². The van der Waals surface area contributed by atoms with Crippen LogP contribution in [0.5, 0.6) is 5.75 Å². The van der Waals surface area contributed by atoms with Crippen molar-refractivity contribution in [1.29, 1.82) is 0 Å². The van der Waals surface area contributed by atoms with Crippen molar-refractivity contribution in [2.45, 2.75) is 19.9 Å². The van der Waals surface area contributed by atoms with Gasteiger partial charge in [-0.1, -0.05) is 59.3 Å². The van der Waals surface area contributed by atoms with Crippen molar-refractivity contribution < 1.29 is 9.53 Å². The van der Waals surface area contributed by atoms with Crippen LogP contribution in [-0.4, -0.2) is 22.3 Å². The van der Waals surface area contributed by atoms with Crippen LogP contribution < -0.4 is 10.1 Å². The summed E-state index contributed by atoms with van der Waals surface area (Å²) in [5.74, 6) is 1.16. The Kier molecular flexibility index (Phi) is 6.07. The van der Waals surface area contributed by atoms with Crippen LogP contribution in [0, 0.1) is 0 Å². The van der Waals surface area contributed by atoms with Crippen molar-refractivity contribution in [3.63, 3.8) is 0 Å². The number of halogens is 1. The molecule has 26 heavy (non-hydrogen) atoms. The predicted octanol–water partition coefficient (Wildman–Crippen LogP) is 4.27. The van der Waals surface area contributed by atoms with E-state index in [1.165, 1.54) is 0 Å². The smallest absolute Gasteiger partial charge is 0.263 e. The van der Waals surface area contributed by atoms with E-state index in [-0.39, 0.29) is 12.5 Å². The van der Waals surface area contributed by atoms with Crippen LogP contribution in [-0.2, 0) is 17.8 Å². The average molecular weight is 414 g/mol. The Bertz CT molecular complexity index is 892. The van der Waals surface area contributed by atoms with Gasteiger partial charge < -0.3 is 10.1 Å². The molecule has 1 aromatic heterocycles. The van der Waals surface area contributed by atoms with Gasteiger partial charge in [-0.15, -0.1) is 0 Å². The molecule has 0 aliphatic rings. The molecular weight excluding hydrogens is 394 g/mol. The highest BCUT2D eigenvalue weighted by Gasteiger charge is 2.10. The van der Waals surface area contributed by atoms with Crippen LogP contribution in [0.2, 0.25) is 0 Å². The highest BCUT2D eigenvalue weighted by molar-refractivity contribution is 9.10. The minimum atomic E-state index is -0.218. The number of rotatable bonds is 7. The van der Waals surface area contributed by atoms with E-state index >= 15 is 0 Å². The first-order valence-electron chi connectivity index (χ1n) is 8.43. The van der Waals surface area contributed by atoms with Gasteiger partial charge in [0.15, 0.2) is 6.61 Å². The summed E-state index contributed by atoms with van der Waals surface area (Å²) >= 11 is 3.53. The number of ether oxygens (including phenoxy) is 1. The van der Waals surface area contributed by atoms with Crippen LogP contribution in [0.15, 0.2) is 65.3 Å². The van der Waals surface area contributed by atoms with Crippen LogP contribution in [0.3, 0.4) is 0 Å². The molecule has 0 fully saturated rings. The molecule has 0 radical (unpaired) electrons. The van der Waals surface area contributed by atoms with Gasteiger partial charge in [-0.3, -0.25) is 4.79 Å². The minimum absolute atomic E-state index is 0.0444. The van der Waals surface area contributed by atoms with Crippen LogP contribution in [0.25, 0.3) is 0 Å². The number of carbonyl (C=O) groups excluding carboxylic acids is 1.